The van der Waals surface area contributed by atoms with Gasteiger partial charge in [-0.2, -0.15) is 0 Å². The van der Waals surface area contributed by atoms with Crippen LogP contribution in [0, 0.1) is 0 Å². The molecule has 0 aromatic heterocycles. The number of nitrogens with one attached hydrogen (secondary N) is 1. The Morgan fingerprint density at radius 2 is 1.79 bits per heavy atom. The van der Waals surface area contributed by atoms with Gasteiger partial charge in [0.25, 0.3) is 5.91 Å². The number of fused-ring (bicyclic) bond motifs is 2. The van der Waals surface area contributed by atoms with Gasteiger partial charge in [0.1, 0.15) is 5.75 Å². The van der Waals surface area contributed by atoms with Crippen molar-refractivity contribution >= 4 is 11.7 Å². The second-order valence-electron chi connectivity index (χ2n) is 6.86. The van der Waals surface area contributed by atoms with Gasteiger partial charge >= 0.3 is 0 Å². The first-order valence-electron chi connectivity index (χ1n) is 8.84. The van der Waals surface area contributed by atoms with Gasteiger partial charge in [-0.15, -0.1) is 0 Å². The molecule has 2 fully saturated rings. The third-order valence-electron chi connectivity index (χ3n) is 5.25. The van der Waals surface area contributed by atoms with E-state index in [4.69, 9.17) is 4.74 Å². The first-order valence-corrected chi connectivity index (χ1v) is 8.84. The highest BCUT2D eigenvalue weighted by Crippen LogP contribution is 2.29. The number of benzene rings is 1. The van der Waals surface area contributed by atoms with Gasteiger partial charge in [-0.25, -0.2) is 0 Å². The average molecular weight is 330 g/mol. The number of nitrogens with zero attached hydrogens (tertiary/aromatic N) is 1. The molecule has 2 saturated heterocycles. The van der Waals surface area contributed by atoms with Crippen molar-refractivity contribution in [2.45, 2.75) is 57.2 Å². The normalized spacial score (nSPS) is 25.3. The third kappa shape index (κ3) is 3.78. The molecular formula is C19H26N2O3. The monoisotopic (exact) mass is 330 g/mol. The van der Waals surface area contributed by atoms with Crippen LogP contribution < -0.4 is 10.1 Å². The zero-order chi connectivity index (χ0) is 17.1. The van der Waals surface area contributed by atoms with E-state index in [1.54, 1.807) is 24.3 Å². The number of Topliss-reactive ketones (excluding diaryl/α,β-unsaturated/α-hetero) is 1. The second-order valence-corrected chi connectivity index (χ2v) is 6.86. The fraction of sp³-hybridized carbons (Fsp3) is 0.579. The quantitative estimate of drug-likeness (QED) is 0.814. The Morgan fingerprint density at radius 1 is 1.17 bits per heavy atom. The third-order valence-corrected chi connectivity index (χ3v) is 5.25. The summed E-state index contributed by atoms with van der Waals surface area (Å²) in [5.41, 5.74) is 0.679. The number of carbonyl (C=O) groups is 2. The Kier molecular flexibility index (Phi) is 5.19. The fourth-order valence-corrected chi connectivity index (χ4v) is 3.74. The van der Waals surface area contributed by atoms with Gasteiger partial charge in [-0.05, 0) is 49.9 Å². The molecule has 2 heterocycles. The molecule has 2 unspecified atom stereocenters. The highest BCUT2D eigenvalue weighted by atomic mass is 16.5. The number of amides is 1. The van der Waals surface area contributed by atoms with E-state index in [1.807, 2.05) is 18.9 Å². The molecule has 0 aliphatic carbocycles. The lowest BCUT2D eigenvalue weighted by molar-refractivity contribution is -0.134. The zero-order valence-electron chi connectivity index (χ0n) is 14.5. The molecule has 130 valence electrons. The minimum Gasteiger partial charge on any atom is -0.484 e. The predicted octanol–water partition coefficient (Wildman–Crippen LogP) is 2.40. The van der Waals surface area contributed by atoms with Crippen molar-refractivity contribution < 1.29 is 14.3 Å². The second kappa shape index (κ2) is 7.34. The van der Waals surface area contributed by atoms with E-state index in [2.05, 4.69) is 5.32 Å². The van der Waals surface area contributed by atoms with E-state index >= 15 is 0 Å². The number of likely N-dealkylation sites (N-methyl/N-ethyl adjacent to an activating group) is 1. The van der Waals surface area contributed by atoms with Gasteiger partial charge < -0.3 is 15.0 Å². The van der Waals surface area contributed by atoms with Crippen LogP contribution in [0.1, 0.15) is 49.4 Å². The molecule has 0 saturated carbocycles. The molecule has 5 nitrogen and oxygen atoms in total. The predicted molar refractivity (Wildman–Crippen MR) is 92.3 cm³/mol. The van der Waals surface area contributed by atoms with E-state index in [1.165, 1.54) is 12.8 Å². The maximum absolute atomic E-state index is 12.4. The Morgan fingerprint density at radius 3 is 2.38 bits per heavy atom. The van der Waals surface area contributed by atoms with E-state index < -0.39 is 0 Å². The van der Waals surface area contributed by atoms with Crippen LogP contribution in [0.2, 0.25) is 0 Å². The first-order chi connectivity index (χ1) is 11.6. The maximum Gasteiger partial charge on any atom is 0.260 e. The summed E-state index contributed by atoms with van der Waals surface area (Å²) in [5, 5.41) is 3.59. The minimum absolute atomic E-state index is 0.00927. The largest absolute Gasteiger partial charge is 0.484 e. The van der Waals surface area contributed by atoms with Crippen LogP contribution in [-0.4, -0.2) is 48.4 Å². The molecule has 2 aliphatic rings. The molecular weight excluding hydrogens is 304 g/mol. The van der Waals surface area contributed by atoms with Gasteiger partial charge in [-0.3, -0.25) is 9.59 Å². The first kappa shape index (κ1) is 17.0. The van der Waals surface area contributed by atoms with Crippen molar-refractivity contribution in [3.05, 3.63) is 29.8 Å². The molecule has 2 bridgehead atoms. The Bertz CT molecular complexity index is 587. The van der Waals surface area contributed by atoms with Crippen molar-refractivity contribution in [3.8, 4) is 5.75 Å². The molecule has 1 aromatic carbocycles. The number of ketones is 1. The van der Waals surface area contributed by atoms with Crippen LogP contribution in [-0.2, 0) is 4.79 Å². The Balaban J connectivity index is 1.50. The van der Waals surface area contributed by atoms with Crippen molar-refractivity contribution in [3.63, 3.8) is 0 Å². The van der Waals surface area contributed by atoms with E-state index in [0.717, 1.165) is 12.8 Å². The van der Waals surface area contributed by atoms with E-state index in [0.29, 0.717) is 35.9 Å². The molecule has 0 spiro atoms. The lowest BCUT2D eigenvalue weighted by atomic mass is 9.98. The maximum atomic E-state index is 12.4. The smallest absolute Gasteiger partial charge is 0.260 e. The number of carbonyl (C=O) groups excluding carboxylic acids is 2. The average Bonchev–Trinajstić information content (AvgIpc) is 2.96. The van der Waals surface area contributed by atoms with Crippen LogP contribution in [0.5, 0.6) is 5.75 Å². The standard InChI is InChI=1S/C19H26N2O3/c1-3-18(22)13-4-8-17(9-5-13)24-12-19(23)21(2)16-10-14-6-7-15(11-16)20-14/h4-5,8-9,14-16,20H,3,6-7,10-12H2,1-2H3. The van der Waals surface area contributed by atoms with Gasteiger partial charge in [0.05, 0.1) is 0 Å². The molecule has 1 amide bonds. The van der Waals surface area contributed by atoms with Crippen LogP contribution in [0.3, 0.4) is 0 Å². The Labute approximate surface area is 143 Å². The van der Waals surface area contributed by atoms with Crippen molar-refractivity contribution in [2.24, 2.45) is 0 Å². The number of rotatable bonds is 6. The fourth-order valence-electron chi connectivity index (χ4n) is 3.74. The summed E-state index contributed by atoms with van der Waals surface area (Å²) in [6.45, 7) is 1.88. The van der Waals surface area contributed by atoms with Gasteiger partial charge in [-0.1, -0.05) is 6.92 Å². The summed E-state index contributed by atoms with van der Waals surface area (Å²) in [6, 6.07) is 8.44. The number of ether oxygens (including phenoxy) is 1. The summed E-state index contributed by atoms with van der Waals surface area (Å²) < 4.78 is 5.60. The minimum atomic E-state index is 0.00927. The van der Waals surface area contributed by atoms with Crippen molar-refractivity contribution in [1.29, 1.82) is 0 Å². The highest BCUT2D eigenvalue weighted by molar-refractivity contribution is 5.95. The number of hydrogen-bond acceptors (Lipinski definition) is 4. The molecule has 2 atom stereocenters. The zero-order valence-corrected chi connectivity index (χ0v) is 14.5. The van der Waals surface area contributed by atoms with Crippen molar-refractivity contribution in [2.75, 3.05) is 13.7 Å². The summed E-state index contributed by atoms with van der Waals surface area (Å²) in [4.78, 5) is 25.9. The van der Waals surface area contributed by atoms with Gasteiger partial charge in [0, 0.05) is 37.2 Å². The lowest BCUT2D eigenvalue weighted by Crippen LogP contribution is -2.49. The number of hydrogen-bond donors (Lipinski definition) is 1. The highest BCUT2D eigenvalue weighted by Gasteiger charge is 2.36. The molecule has 2 aliphatic heterocycles. The molecule has 1 aromatic rings. The van der Waals surface area contributed by atoms with E-state index in [-0.39, 0.29) is 18.3 Å². The Hall–Kier alpha value is -1.88. The molecule has 3 rings (SSSR count). The summed E-state index contributed by atoms with van der Waals surface area (Å²) in [6.07, 6.45) is 5.01. The number of piperidine rings is 1. The molecule has 24 heavy (non-hydrogen) atoms. The molecule has 1 N–H and O–H groups in total. The SMILES string of the molecule is CCC(=O)c1ccc(OCC(=O)N(C)C2CC3CCC(C2)N3)cc1. The van der Waals surface area contributed by atoms with Gasteiger partial charge in [0.15, 0.2) is 12.4 Å². The van der Waals surface area contributed by atoms with Gasteiger partial charge in [0.2, 0.25) is 0 Å². The molecule has 0 radical (unpaired) electrons. The summed E-state index contributed by atoms with van der Waals surface area (Å²) in [5.74, 6) is 0.739. The summed E-state index contributed by atoms with van der Waals surface area (Å²) in [7, 11) is 1.88. The molecule has 5 heteroatoms. The van der Waals surface area contributed by atoms with Crippen LogP contribution in [0.4, 0.5) is 0 Å². The topological polar surface area (TPSA) is 58.6 Å². The van der Waals surface area contributed by atoms with E-state index in [9.17, 15) is 9.59 Å². The van der Waals surface area contributed by atoms with Crippen molar-refractivity contribution in [1.82, 2.24) is 10.2 Å². The summed E-state index contributed by atoms with van der Waals surface area (Å²) >= 11 is 0. The van der Waals surface area contributed by atoms with Crippen LogP contribution in [0.25, 0.3) is 0 Å². The lowest BCUT2D eigenvalue weighted by Gasteiger charge is -2.35. The van der Waals surface area contributed by atoms with Crippen LogP contribution in [0.15, 0.2) is 24.3 Å². The van der Waals surface area contributed by atoms with Crippen LogP contribution >= 0.6 is 0 Å².